The molecule has 0 aromatic carbocycles. The lowest BCUT2D eigenvalue weighted by Crippen LogP contribution is -2.49. The van der Waals surface area contributed by atoms with Gasteiger partial charge >= 0.3 is 0 Å². The van der Waals surface area contributed by atoms with Gasteiger partial charge in [-0.15, -0.1) is 23.7 Å². The van der Waals surface area contributed by atoms with Gasteiger partial charge in [0, 0.05) is 12.6 Å². The van der Waals surface area contributed by atoms with Crippen LogP contribution in [0.3, 0.4) is 0 Å². The lowest BCUT2D eigenvalue weighted by molar-refractivity contribution is -0.132. The van der Waals surface area contributed by atoms with Gasteiger partial charge in [0.15, 0.2) is 0 Å². The first-order valence-corrected chi connectivity index (χ1v) is 9.94. The Morgan fingerprint density at radius 3 is 2.70 bits per heavy atom. The van der Waals surface area contributed by atoms with Crippen molar-refractivity contribution in [1.82, 2.24) is 14.9 Å². The lowest BCUT2D eigenvalue weighted by atomic mass is 10.0. The molecular formula is C14H24ClN3O3S2. The van der Waals surface area contributed by atoms with Crippen LogP contribution in [0.4, 0.5) is 0 Å². The van der Waals surface area contributed by atoms with E-state index in [2.05, 4.69) is 10.0 Å². The summed E-state index contributed by atoms with van der Waals surface area (Å²) in [6, 6.07) is 3.42. The maximum atomic E-state index is 12.4. The highest BCUT2D eigenvalue weighted by molar-refractivity contribution is 7.91. The number of nitrogens with one attached hydrogen (secondary N) is 2. The van der Waals surface area contributed by atoms with Crippen molar-refractivity contribution >= 4 is 39.7 Å². The lowest BCUT2D eigenvalue weighted by Gasteiger charge is -2.34. The Morgan fingerprint density at radius 1 is 1.43 bits per heavy atom. The second-order valence-corrected chi connectivity index (χ2v) is 8.27. The van der Waals surface area contributed by atoms with E-state index in [0.29, 0.717) is 6.54 Å². The third-order valence-electron chi connectivity index (χ3n) is 3.71. The molecule has 1 aromatic heterocycles. The Labute approximate surface area is 148 Å². The fourth-order valence-electron chi connectivity index (χ4n) is 2.62. The fraction of sp³-hybridized carbons (Fsp3) is 0.643. The maximum Gasteiger partial charge on any atom is 0.250 e. The number of carbonyl (C=O) groups excluding carboxylic acids is 1. The number of piperidine rings is 1. The van der Waals surface area contributed by atoms with Crippen LogP contribution in [-0.4, -0.2) is 51.4 Å². The number of rotatable bonds is 7. The summed E-state index contributed by atoms with van der Waals surface area (Å²) in [5.74, 6) is -0.145. The molecule has 0 spiro atoms. The number of nitrogens with zero attached hydrogens (tertiary/aromatic N) is 1. The van der Waals surface area contributed by atoms with Crippen LogP contribution in [-0.2, 0) is 14.8 Å². The first-order valence-electron chi connectivity index (χ1n) is 7.58. The van der Waals surface area contributed by atoms with Crippen molar-refractivity contribution in [3.8, 4) is 0 Å². The summed E-state index contributed by atoms with van der Waals surface area (Å²) in [5, 5.41) is 4.98. The minimum Gasteiger partial charge on any atom is -0.338 e. The largest absolute Gasteiger partial charge is 0.338 e. The topological polar surface area (TPSA) is 78.5 Å². The van der Waals surface area contributed by atoms with E-state index >= 15 is 0 Å². The minimum atomic E-state index is -3.58. The van der Waals surface area contributed by atoms with Gasteiger partial charge in [0.05, 0.1) is 6.54 Å². The predicted octanol–water partition coefficient (Wildman–Crippen LogP) is 1.44. The quantitative estimate of drug-likeness (QED) is 0.749. The summed E-state index contributed by atoms with van der Waals surface area (Å²) in [5.41, 5.74) is 0. The fourth-order valence-corrected chi connectivity index (χ4v) is 4.63. The Balaban J connectivity index is 0.00000264. The number of carbonyl (C=O) groups is 1. The van der Waals surface area contributed by atoms with E-state index in [1.807, 2.05) is 11.8 Å². The van der Waals surface area contributed by atoms with E-state index in [0.717, 1.165) is 43.7 Å². The molecule has 1 amide bonds. The summed E-state index contributed by atoms with van der Waals surface area (Å²) in [7, 11) is -3.58. The molecule has 23 heavy (non-hydrogen) atoms. The van der Waals surface area contributed by atoms with E-state index in [1.165, 1.54) is 6.07 Å². The van der Waals surface area contributed by atoms with Gasteiger partial charge < -0.3 is 10.2 Å². The van der Waals surface area contributed by atoms with Crippen LogP contribution < -0.4 is 10.0 Å². The van der Waals surface area contributed by atoms with Crippen molar-refractivity contribution < 1.29 is 13.2 Å². The average Bonchev–Trinajstić information content (AvgIpc) is 3.06. The van der Waals surface area contributed by atoms with Gasteiger partial charge in [0.2, 0.25) is 5.91 Å². The predicted molar refractivity (Wildman–Crippen MR) is 94.7 cm³/mol. The second kappa shape index (κ2) is 9.58. The summed E-state index contributed by atoms with van der Waals surface area (Å²) in [4.78, 5) is 14.3. The van der Waals surface area contributed by atoms with Crippen LogP contribution >= 0.6 is 23.7 Å². The highest BCUT2D eigenvalue weighted by Gasteiger charge is 2.26. The number of hydrogen-bond acceptors (Lipinski definition) is 5. The number of hydrogen-bond donors (Lipinski definition) is 2. The van der Waals surface area contributed by atoms with E-state index in [9.17, 15) is 13.2 Å². The molecular weight excluding hydrogens is 358 g/mol. The number of amides is 1. The summed E-state index contributed by atoms with van der Waals surface area (Å²) in [6.07, 6.45) is 2.71. The van der Waals surface area contributed by atoms with Crippen LogP contribution in [0.5, 0.6) is 0 Å². The molecule has 0 unspecified atom stereocenters. The van der Waals surface area contributed by atoms with E-state index < -0.39 is 10.0 Å². The van der Waals surface area contributed by atoms with Crippen molar-refractivity contribution in [2.75, 3.05) is 26.2 Å². The number of halogens is 1. The summed E-state index contributed by atoms with van der Waals surface area (Å²) in [6.45, 7) is 4.32. The zero-order valence-electron chi connectivity index (χ0n) is 13.2. The molecule has 2 heterocycles. The molecule has 2 N–H and O–H groups in total. The van der Waals surface area contributed by atoms with Gasteiger partial charge in [-0.25, -0.2) is 13.1 Å². The van der Waals surface area contributed by atoms with E-state index in [1.54, 1.807) is 11.4 Å². The maximum absolute atomic E-state index is 12.4. The number of sulfonamides is 1. The highest BCUT2D eigenvalue weighted by Crippen LogP contribution is 2.16. The van der Waals surface area contributed by atoms with Crippen molar-refractivity contribution in [1.29, 1.82) is 0 Å². The Hall–Kier alpha value is -0.670. The molecule has 1 fully saturated rings. The molecule has 1 aromatic rings. The van der Waals surface area contributed by atoms with Crippen LogP contribution in [0.2, 0.25) is 0 Å². The molecule has 6 nitrogen and oxygen atoms in total. The zero-order valence-corrected chi connectivity index (χ0v) is 15.6. The second-order valence-electron chi connectivity index (χ2n) is 5.32. The molecule has 132 valence electrons. The monoisotopic (exact) mass is 381 g/mol. The average molecular weight is 382 g/mol. The molecule has 0 aliphatic carbocycles. The normalized spacial score (nSPS) is 15.9. The third kappa shape index (κ3) is 5.72. The Morgan fingerprint density at radius 2 is 2.13 bits per heavy atom. The summed E-state index contributed by atoms with van der Waals surface area (Å²) >= 11 is 1.14. The standard InChI is InChI=1S/C14H23N3O3S2.ClH/c1-2-9-17(12-5-7-15-8-6-12)13(18)11-16-22(19,20)14-4-3-10-21-14;/h3-4,10,12,15-16H,2,5-9,11H2,1H3;1H. The number of thiophene rings is 1. The van der Waals surface area contributed by atoms with Crippen molar-refractivity contribution in [3.05, 3.63) is 17.5 Å². The Kier molecular flexibility index (Phi) is 8.49. The van der Waals surface area contributed by atoms with Gasteiger partial charge in [-0.2, -0.15) is 0 Å². The van der Waals surface area contributed by atoms with E-state index in [4.69, 9.17) is 0 Å². The van der Waals surface area contributed by atoms with Crippen LogP contribution in [0.15, 0.2) is 21.7 Å². The molecule has 0 saturated carbocycles. The third-order valence-corrected chi connectivity index (χ3v) is 6.51. The van der Waals surface area contributed by atoms with Crippen molar-refractivity contribution in [2.24, 2.45) is 0 Å². The molecule has 0 bridgehead atoms. The molecule has 2 rings (SSSR count). The SMILES string of the molecule is CCCN(C(=O)CNS(=O)(=O)c1cccs1)C1CCNCC1.Cl. The van der Waals surface area contributed by atoms with Crippen molar-refractivity contribution in [3.63, 3.8) is 0 Å². The molecule has 0 atom stereocenters. The molecule has 1 aliphatic rings. The van der Waals surface area contributed by atoms with Crippen LogP contribution in [0, 0.1) is 0 Å². The minimum absolute atomic E-state index is 0. The van der Waals surface area contributed by atoms with Gasteiger partial charge in [0.1, 0.15) is 4.21 Å². The molecule has 9 heteroatoms. The molecule has 0 radical (unpaired) electrons. The van der Waals surface area contributed by atoms with Gasteiger partial charge in [-0.05, 0) is 43.8 Å². The molecule has 1 aliphatic heterocycles. The smallest absolute Gasteiger partial charge is 0.250 e. The first kappa shape index (κ1) is 20.4. The van der Waals surface area contributed by atoms with Gasteiger partial charge in [-0.3, -0.25) is 4.79 Å². The highest BCUT2D eigenvalue weighted by atomic mass is 35.5. The molecule has 1 saturated heterocycles. The zero-order chi connectivity index (χ0) is 16.0. The van der Waals surface area contributed by atoms with Gasteiger partial charge in [0.25, 0.3) is 10.0 Å². The van der Waals surface area contributed by atoms with Crippen LogP contribution in [0.1, 0.15) is 26.2 Å². The summed E-state index contributed by atoms with van der Waals surface area (Å²) < 4.78 is 26.8. The van der Waals surface area contributed by atoms with Crippen molar-refractivity contribution in [2.45, 2.75) is 36.4 Å². The first-order chi connectivity index (χ1) is 10.5. The van der Waals surface area contributed by atoms with Crippen LogP contribution in [0.25, 0.3) is 0 Å². The van der Waals surface area contributed by atoms with E-state index in [-0.39, 0.29) is 35.1 Å². The Bertz CT molecular complexity index is 572. The van der Waals surface area contributed by atoms with Gasteiger partial charge in [-0.1, -0.05) is 13.0 Å².